The number of fused-ring (bicyclic) bond motifs is 4. The number of benzene rings is 1. The highest BCUT2D eigenvalue weighted by Crippen LogP contribution is 2.52. The summed E-state index contributed by atoms with van der Waals surface area (Å²) in [5.74, 6) is -2.83. The zero-order valence-electron chi connectivity index (χ0n) is 16.6. The maximum atomic E-state index is 9.74. The molecule has 8 heteroatoms. The molecule has 0 radical (unpaired) electrons. The second kappa shape index (κ2) is 8.06. The molecule has 1 fully saturated rings. The second-order valence-electron chi connectivity index (χ2n) is 8.21. The summed E-state index contributed by atoms with van der Waals surface area (Å²) in [7, 11) is 1.75. The van der Waals surface area contributed by atoms with Crippen LogP contribution >= 0.6 is 0 Å². The number of aliphatic carboxylic acids is 2. The number of carbonyl (C=O) groups is 2. The van der Waals surface area contributed by atoms with Gasteiger partial charge in [-0.15, -0.1) is 0 Å². The van der Waals surface area contributed by atoms with Crippen molar-refractivity contribution in [1.82, 2.24) is 0 Å². The molecular formula is C20H29NO7. The highest BCUT2D eigenvalue weighted by atomic mass is 16.5. The molecule has 1 aromatic rings. The van der Waals surface area contributed by atoms with Gasteiger partial charge in [0.15, 0.2) is 6.10 Å². The number of hydrogen-bond acceptors (Lipinski definition) is 6. The minimum Gasteiger partial charge on any atom is -0.547 e. The Morgan fingerprint density at radius 2 is 1.89 bits per heavy atom. The molecule has 3 rings (SSSR count). The number of methoxy groups -OCH3 is 1. The van der Waals surface area contributed by atoms with Crippen molar-refractivity contribution in [1.29, 1.82) is 0 Å². The van der Waals surface area contributed by atoms with Crippen LogP contribution in [0.25, 0.3) is 0 Å². The van der Waals surface area contributed by atoms with Crippen molar-refractivity contribution in [2.24, 2.45) is 5.41 Å². The Labute approximate surface area is 164 Å². The zero-order chi connectivity index (χ0) is 21.3. The molecule has 0 spiro atoms. The molecule has 1 saturated heterocycles. The van der Waals surface area contributed by atoms with Crippen LogP contribution in [0.5, 0.6) is 5.75 Å². The molecule has 0 saturated carbocycles. The number of aliphatic hydroxyl groups excluding tert-OH is 2. The van der Waals surface area contributed by atoms with E-state index in [4.69, 9.17) is 20.1 Å². The Morgan fingerprint density at radius 3 is 2.39 bits per heavy atom. The molecule has 2 bridgehead atoms. The average Bonchev–Trinajstić information content (AvgIpc) is 2.63. The summed E-state index contributed by atoms with van der Waals surface area (Å²) in [5, 5.41) is 36.7. The van der Waals surface area contributed by atoms with E-state index in [2.05, 4.69) is 44.3 Å². The van der Waals surface area contributed by atoms with Crippen LogP contribution in [0, 0.1) is 5.41 Å². The minimum atomic E-state index is -2.38. The van der Waals surface area contributed by atoms with Gasteiger partial charge in [-0.25, -0.2) is 4.79 Å². The van der Waals surface area contributed by atoms with Gasteiger partial charge in [0.25, 0.3) is 0 Å². The fourth-order valence-corrected chi connectivity index (χ4v) is 4.32. The fraction of sp³-hybridized carbons (Fsp3) is 0.600. The molecule has 28 heavy (non-hydrogen) atoms. The molecule has 2 aliphatic rings. The van der Waals surface area contributed by atoms with E-state index >= 15 is 0 Å². The van der Waals surface area contributed by atoms with Crippen molar-refractivity contribution in [2.45, 2.75) is 57.3 Å². The van der Waals surface area contributed by atoms with Gasteiger partial charge < -0.3 is 35.3 Å². The highest BCUT2D eigenvalue weighted by Gasteiger charge is 2.55. The van der Waals surface area contributed by atoms with Crippen LogP contribution in [0.1, 0.15) is 38.3 Å². The van der Waals surface area contributed by atoms with Crippen LogP contribution in [-0.2, 0) is 21.4 Å². The normalized spacial score (nSPS) is 26.7. The number of rotatable bonds is 4. The van der Waals surface area contributed by atoms with E-state index in [1.54, 1.807) is 12.7 Å². The van der Waals surface area contributed by atoms with Crippen LogP contribution in [0.3, 0.4) is 0 Å². The van der Waals surface area contributed by atoms with Gasteiger partial charge in [-0.1, -0.05) is 26.8 Å². The Balaban J connectivity index is 0.000000242. The SMILES string of the molecule is COc1ccc2c(c1)C[C@H]1[NH2+]CC[C@]2(C)C1(C)C.O=C([O-])[C@H](O)[C@@H](O)C(=O)O. The van der Waals surface area contributed by atoms with Crippen LogP contribution in [-0.4, -0.2) is 59.2 Å². The predicted octanol–water partition coefficient (Wildman–Crippen LogP) is -1.59. The quantitative estimate of drug-likeness (QED) is 0.481. The molecule has 0 aromatic heterocycles. The van der Waals surface area contributed by atoms with E-state index in [1.807, 2.05) is 0 Å². The molecule has 0 amide bonds. The van der Waals surface area contributed by atoms with E-state index in [-0.39, 0.29) is 0 Å². The number of carboxylic acids is 2. The summed E-state index contributed by atoms with van der Waals surface area (Å²) in [4.78, 5) is 19.4. The van der Waals surface area contributed by atoms with Crippen LogP contribution in [0.15, 0.2) is 18.2 Å². The second-order valence-corrected chi connectivity index (χ2v) is 8.21. The van der Waals surface area contributed by atoms with Crippen molar-refractivity contribution in [2.75, 3.05) is 13.7 Å². The van der Waals surface area contributed by atoms with Crippen LogP contribution < -0.4 is 15.2 Å². The fourth-order valence-electron chi connectivity index (χ4n) is 4.32. The molecule has 1 aromatic carbocycles. The third-order valence-corrected chi connectivity index (χ3v) is 6.58. The van der Waals surface area contributed by atoms with Gasteiger partial charge in [0.2, 0.25) is 0 Å². The lowest BCUT2D eigenvalue weighted by atomic mass is 9.51. The maximum Gasteiger partial charge on any atom is 0.335 e. The van der Waals surface area contributed by atoms with Gasteiger partial charge in [0.1, 0.15) is 11.9 Å². The van der Waals surface area contributed by atoms with Crippen LogP contribution in [0.2, 0.25) is 0 Å². The van der Waals surface area contributed by atoms with E-state index in [1.165, 1.54) is 24.9 Å². The van der Waals surface area contributed by atoms with E-state index in [0.29, 0.717) is 16.9 Å². The molecule has 0 unspecified atom stereocenters. The maximum absolute atomic E-state index is 9.74. The molecule has 1 heterocycles. The lowest BCUT2D eigenvalue weighted by Crippen LogP contribution is -2.98. The first-order chi connectivity index (χ1) is 13.0. The summed E-state index contributed by atoms with van der Waals surface area (Å²) in [5.41, 5.74) is 3.73. The highest BCUT2D eigenvalue weighted by molar-refractivity contribution is 5.82. The Morgan fingerprint density at radius 1 is 1.25 bits per heavy atom. The smallest absolute Gasteiger partial charge is 0.335 e. The first-order valence-corrected chi connectivity index (χ1v) is 9.26. The molecule has 156 valence electrons. The third-order valence-electron chi connectivity index (χ3n) is 6.58. The molecule has 1 aliphatic carbocycles. The Bertz CT molecular complexity index is 730. The van der Waals surface area contributed by atoms with Gasteiger partial charge in [-0.3, -0.25) is 0 Å². The number of nitrogens with two attached hydrogens (primary N) is 1. The minimum absolute atomic E-state index is 0.312. The first kappa shape index (κ1) is 22.1. The summed E-state index contributed by atoms with van der Waals surface area (Å²) < 4.78 is 5.38. The standard InChI is InChI=1S/C16H23NO.C4H6O6/c1-15(2)14-10-11-9-12(18-4)5-6-13(11)16(15,3)7-8-17-14;5-1(3(7)8)2(6)4(9)10/h5-6,9,14,17H,7-8,10H2,1-4H3;1-2,5-6H,(H,7,8)(H,9,10)/t14-,16+;1-,2-/m11/s1. The van der Waals surface area contributed by atoms with E-state index < -0.39 is 24.1 Å². The number of ether oxygens (including phenoxy) is 1. The number of piperidine rings is 1. The van der Waals surface area contributed by atoms with Crippen molar-refractivity contribution in [3.8, 4) is 5.75 Å². The molecule has 5 N–H and O–H groups in total. The van der Waals surface area contributed by atoms with Crippen molar-refractivity contribution >= 4 is 11.9 Å². The van der Waals surface area contributed by atoms with Crippen LogP contribution in [0.4, 0.5) is 0 Å². The predicted molar refractivity (Wildman–Crippen MR) is 97.7 cm³/mol. The molecule has 1 aliphatic heterocycles. The number of quaternary nitrogens is 1. The average molecular weight is 395 g/mol. The lowest BCUT2D eigenvalue weighted by molar-refractivity contribution is -0.717. The van der Waals surface area contributed by atoms with Crippen molar-refractivity contribution in [3.05, 3.63) is 29.3 Å². The Kier molecular flexibility index (Phi) is 6.37. The van der Waals surface area contributed by atoms with Gasteiger partial charge in [0.05, 0.1) is 25.7 Å². The number of carbonyl (C=O) groups excluding carboxylic acids is 1. The van der Waals surface area contributed by atoms with Gasteiger partial charge >= 0.3 is 5.97 Å². The van der Waals surface area contributed by atoms with E-state index in [0.717, 1.165) is 5.75 Å². The third kappa shape index (κ3) is 3.85. The number of aliphatic hydroxyl groups is 2. The summed E-state index contributed by atoms with van der Waals surface area (Å²) in [6.07, 6.45) is -2.26. The first-order valence-electron chi connectivity index (χ1n) is 9.26. The largest absolute Gasteiger partial charge is 0.547 e. The molecule has 8 nitrogen and oxygen atoms in total. The Hall–Kier alpha value is -2.16. The molecule has 4 atom stereocenters. The van der Waals surface area contributed by atoms with Gasteiger partial charge in [0, 0.05) is 23.7 Å². The lowest BCUT2D eigenvalue weighted by Gasteiger charge is -2.55. The number of hydrogen-bond donors (Lipinski definition) is 4. The van der Waals surface area contributed by atoms with Crippen molar-refractivity contribution < 1.29 is 40.1 Å². The topological polar surface area (TPSA) is 144 Å². The summed E-state index contributed by atoms with van der Waals surface area (Å²) in [6, 6.07) is 7.38. The summed E-state index contributed by atoms with van der Waals surface area (Å²) in [6.45, 7) is 8.61. The molecular weight excluding hydrogens is 366 g/mol. The van der Waals surface area contributed by atoms with Gasteiger partial charge in [-0.2, -0.15) is 0 Å². The van der Waals surface area contributed by atoms with E-state index in [9.17, 15) is 14.7 Å². The monoisotopic (exact) mass is 395 g/mol. The zero-order valence-corrected chi connectivity index (χ0v) is 16.6. The van der Waals surface area contributed by atoms with Gasteiger partial charge in [-0.05, 0) is 23.3 Å². The number of carboxylic acid groups (broad SMARTS) is 2. The summed E-state index contributed by atoms with van der Waals surface area (Å²) >= 11 is 0. The van der Waals surface area contributed by atoms with Crippen molar-refractivity contribution in [3.63, 3.8) is 0 Å².